The number of ether oxygens (including phenoxy) is 1. The molecule has 10 heteroatoms. The number of hydrogen-bond acceptors (Lipinski definition) is 6. The van der Waals surface area contributed by atoms with Gasteiger partial charge in [-0.25, -0.2) is 4.79 Å². The highest BCUT2D eigenvalue weighted by molar-refractivity contribution is 7.87. The van der Waals surface area contributed by atoms with Gasteiger partial charge in [-0.3, -0.25) is 0 Å². The van der Waals surface area contributed by atoms with Crippen LogP contribution in [-0.2, 0) is 34.6 Å². The van der Waals surface area contributed by atoms with Gasteiger partial charge in [-0.15, -0.1) is 0 Å². The zero-order valence-electron chi connectivity index (χ0n) is 20.8. The molecular weight excluding hydrogens is 431 g/mol. The van der Waals surface area contributed by atoms with E-state index in [4.69, 9.17) is 14.0 Å². The molecule has 1 aromatic carbocycles. The standard InChI is InChI=1S/C22H37BN2O6S/c1-16(23-30-20(5,6)21(7,8)31-23)22(17-14-12-11-13-15-17,18(26)29-19(2,3)4)24-32(27,28)25(9)10/h11-16,24H,1-10H3/t16-,22+/m1/s1. The van der Waals surface area contributed by atoms with E-state index in [0.717, 1.165) is 4.31 Å². The third-order valence-corrected chi connectivity index (χ3v) is 7.62. The highest BCUT2D eigenvalue weighted by atomic mass is 32.2. The Morgan fingerprint density at radius 3 is 1.94 bits per heavy atom. The Balaban J connectivity index is 2.74. The monoisotopic (exact) mass is 468 g/mol. The molecule has 1 saturated heterocycles. The Bertz CT molecular complexity index is 911. The Hall–Kier alpha value is -1.46. The summed E-state index contributed by atoms with van der Waals surface area (Å²) in [7, 11) is -2.15. The molecule has 8 nitrogen and oxygen atoms in total. The van der Waals surface area contributed by atoms with E-state index < -0.39 is 51.5 Å². The van der Waals surface area contributed by atoms with Gasteiger partial charge in [-0.2, -0.15) is 17.4 Å². The molecule has 1 aliphatic heterocycles. The van der Waals surface area contributed by atoms with Crippen LogP contribution in [0.3, 0.4) is 0 Å². The molecule has 2 atom stereocenters. The summed E-state index contributed by atoms with van der Waals surface area (Å²) in [5.74, 6) is -1.51. The van der Waals surface area contributed by atoms with E-state index in [1.165, 1.54) is 14.1 Å². The molecule has 1 fully saturated rings. The molecule has 0 aliphatic carbocycles. The van der Waals surface area contributed by atoms with Crippen molar-refractivity contribution < 1.29 is 27.3 Å². The first-order valence-electron chi connectivity index (χ1n) is 10.7. The SMILES string of the molecule is C[C@@H](B1OC(C)(C)C(C)(C)O1)[C@@](NS(=O)(=O)N(C)C)(C(=O)OC(C)(C)C)c1ccccc1. The fourth-order valence-electron chi connectivity index (χ4n) is 3.41. The van der Waals surface area contributed by atoms with Gasteiger partial charge >= 0.3 is 13.1 Å². The third kappa shape index (κ3) is 5.20. The van der Waals surface area contributed by atoms with Crippen LogP contribution in [0.5, 0.6) is 0 Å². The van der Waals surface area contributed by atoms with Crippen molar-refractivity contribution in [1.29, 1.82) is 0 Å². The van der Waals surface area contributed by atoms with E-state index in [9.17, 15) is 13.2 Å². The summed E-state index contributed by atoms with van der Waals surface area (Å²) < 4.78 is 48.1. The van der Waals surface area contributed by atoms with E-state index in [2.05, 4.69) is 4.72 Å². The van der Waals surface area contributed by atoms with Crippen LogP contribution in [0.25, 0.3) is 0 Å². The lowest BCUT2D eigenvalue weighted by Crippen LogP contribution is -2.60. The molecule has 1 heterocycles. The van der Waals surface area contributed by atoms with Crippen molar-refractivity contribution in [1.82, 2.24) is 9.03 Å². The second-order valence-electron chi connectivity index (χ2n) is 10.5. The maximum absolute atomic E-state index is 13.8. The van der Waals surface area contributed by atoms with E-state index in [1.807, 2.05) is 27.7 Å². The predicted molar refractivity (Wildman–Crippen MR) is 125 cm³/mol. The second kappa shape index (κ2) is 8.72. The summed E-state index contributed by atoms with van der Waals surface area (Å²) in [6.07, 6.45) is 0. The Labute approximate surface area is 193 Å². The first-order chi connectivity index (χ1) is 14.4. The van der Waals surface area contributed by atoms with Gasteiger partial charge in [-0.05, 0) is 54.0 Å². The minimum absolute atomic E-state index is 0.432. The van der Waals surface area contributed by atoms with Crippen molar-refractivity contribution in [3.05, 3.63) is 35.9 Å². The molecule has 32 heavy (non-hydrogen) atoms. The van der Waals surface area contributed by atoms with Gasteiger partial charge in [0.05, 0.1) is 11.2 Å². The van der Waals surface area contributed by atoms with E-state index in [0.29, 0.717) is 5.56 Å². The molecule has 180 valence electrons. The Morgan fingerprint density at radius 2 is 1.53 bits per heavy atom. The average Bonchev–Trinajstić information content (AvgIpc) is 2.85. The van der Waals surface area contributed by atoms with Crippen molar-refractivity contribution in [3.63, 3.8) is 0 Å². The molecular formula is C22H37BN2O6S. The van der Waals surface area contributed by atoms with Gasteiger partial charge in [0.15, 0.2) is 5.54 Å². The Kier molecular flexibility index (Phi) is 7.30. The average molecular weight is 468 g/mol. The molecule has 1 N–H and O–H groups in total. The first kappa shape index (κ1) is 26.8. The summed E-state index contributed by atoms with van der Waals surface area (Å²) in [5, 5.41) is 0. The number of nitrogens with zero attached hydrogens (tertiary/aromatic N) is 1. The van der Waals surface area contributed by atoms with Crippen molar-refractivity contribution in [3.8, 4) is 0 Å². The lowest BCUT2D eigenvalue weighted by Gasteiger charge is -2.40. The normalized spacial score (nSPS) is 21.3. The number of hydrogen-bond donors (Lipinski definition) is 1. The predicted octanol–water partition coefficient (Wildman–Crippen LogP) is 3.10. The molecule has 0 unspecified atom stereocenters. The smallest absolute Gasteiger partial charge is 0.458 e. The van der Waals surface area contributed by atoms with Crippen LogP contribution in [0.15, 0.2) is 30.3 Å². The minimum atomic E-state index is -4.07. The Morgan fingerprint density at radius 1 is 1.06 bits per heavy atom. The number of nitrogens with one attached hydrogen (secondary N) is 1. The number of esters is 1. The van der Waals surface area contributed by atoms with Crippen LogP contribution in [0.1, 0.15) is 61.0 Å². The van der Waals surface area contributed by atoms with Crippen LogP contribution in [0.4, 0.5) is 0 Å². The van der Waals surface area contributed by atoms with E-state index in [1.54, 1.807) is 58.0 Å². The largest absolute Gasteiger partial charge is 0.463 e. The van der Waals surface area contributed by atoms with E-state index >= 15 is 0 Å². The third-order valence-electron chi connectivity index (χ3n) is 6.08. The van der Waals surface area contributed by atoms with E-state index in [-0.39, 0.29) is 0 Å². The zero-order valence-corrected chi connectivity index (χ0v) is 21.7. The molecule has 1 aromatic rings. The fraction of sp³-hybridized carbons (Fsp3) is 0.682. The summed E-state index contributed by atoms with van der Waals surface area (Å²) in [6.45, 7) is 14.6. The summed E-state index contributed by atoms with van der Waals surface area (Å²) in [4.78, 5) is 13.8. The molecule has 0 saturated carbocycles. The maximum atomic E-state index is 13.8. The van der Waals surface area contributed by atoms with Crippen LogP contribution in [0, 0.1) is 0 Å². The second-order valence-corrected chi connectivity index (χ2v) is 12.4. The van der Waals surface area contributed by atoms with Crippen LogP contribution < -0.4 is 4.72 Å². The minimum Gasteiger partial charge on any atom is -0.458 e. The maximum Gasteiger partial charge on any atom is 0.463 e. The lowest BCUT2D eigenvalue weighted by atomic mass is 9.60. The zero-order chi connectivity index (χ0) is 24.8. The molecule has 0 amide bonds. The topological polar surface area (TPSA) is 94.2 Å². The molecule has 0 bridgehead atoms. The van der Waals surface area contributed by atoms with Crippen molar-refractivity contribution in [2.75, 3.05) is 14.1 Å². The first-order valence-corrected chi connectivity index (χ1v) is 12.2. The van der Waals surface area contributed by atoms with Crippen molar-refractivity contribution in [2.45, 2.75) is 83.5 Å². The number of rotatable bonds is 7. The van der Waals surface area contributed by atoms with Gasteiger partial charge in [-0.1, -0.05) is 37.3 Å². The van der Waals surface area contributed by atoms with Crippen molar-refractivity contribution >= 4 is 23.3 Å². The molecule has 0 spiro atoms. The van der Waals surface area contributed by atoms with Gasteiger partial charge < -0.3 is 14.0 Å². The number of carbonyl (C=O) groups is 1. The number of carbonyl (C=O) groups excluding carboxylic acids is 1. The van der Waals surface area contributed by atoms with Crippen LogP contribution >= 0.6 is 0 Å². The molecule has 0 radical (unpaired) electrons. The fourth-order valence-corrected chi connectivity index (χ4v) is 4.39. The van der Waals surface area contributed by atoms with Gasteiger partial charge in [0.2, 0.25) is 0 Å². The highest BCUT2D eigenvalue weighted by Gasteiger charge is 2.61. The highest BCUT2D eigenvalue weighted by Crippen LogP contribution is 2.46. The van der Waals surface area contributed by atoms with Crippen LogP contribution in [-0.4, -0.2) is 56.7 Å². The van der Waals surface area contributed by atoms with Crippen molar-refractivity contribution in [2.24, 2.45) is 0 Å². The van der Waals surface area contributed by atoms with Gasteiger partial charge in [0.25, 0.3) is 10.2 Å². The lowest BCUT2D eigenvalue weighted by molar-refractivity contribution is -0.163. The van der Waals surface area contributed by atoms with Crippen LogP contribution in [0.2, 0.25) is 5.82 Å². The molecule has 0 aromatic heterocycles. The molecule has 2 rings (SSSR count). The van der Waals surface area contributed by atoms with Gasteiger partial charge in [0.1, 0.15) is 5.60 Å². The summed E-state index contributed by atoms with van der Waals surface area (Å²) in [5.41, 5.74) is -3.55. The quantitative estimate of drug-likeness (QED) is 0.488. The van der Waals surface area contributed by atoms with Gasteiger partial charge in [0, 0.05) is 19.9 Å². The number of benzene rings is 1. The molecule has 1 aliphatic rings. The summed E-state index contributed by atoms with van der Waals surface area (Å²) in [6, 6.07) is 8.68. The summed E-state index contributed by atoms with van der Waals surface area (Å²) >= 11 is 0.